The van der Waals surface area contributed by atoms with Gasteiger partial charge in [0.25, 0.3) is 0 Å². The van der Waals surface area contributed by atoms with Gasteiger partial charge in [0.2, 0.25) is 0 Å². The van der Waals surface area contributed by atoms with E-state index < -0.39 is 0 Å². The highest BCUT2D eigenvalue weighted by molar-refractivity contribution is 5.17. The zero-order valence-electron chi connectivity index (χ0n) is 9.53. The number of aliphatic hydroxyl groups is 1. The Hall–Kier alpha value is -0.930. The third kappa shape index (κ3) is 4.40. The van der Waals surface area contributed by atoms with E-state index in [9.17, 15) is 0 Å². The van der Waals surface area contributed by atoms with Gasteiger partial charge < -0.3 is 10.4 Å². The molecular formula is C12H20N2O. The first-order valence-electron chi connectivity index (χ1n) is 5.46. The molecule has 1 atom stereocenters. The summed E-state index contributed by atoms with van der Waals surface area (Å²) in [7, 11) is 0. The smallest absolute Gasteiger partial charge is 0.0570 e. The summed E-state index contributed by atoms with van der Waals surface area (Å²) in [5.74, 6) is 0.513. The molecule has 0 radical (unpaired) electrons. The fourth-order valence-electron chi connectivity index (χ4n) is 1.46. The highest BCUT2D eigenvalue weighted by Crippen LogP contribution is 2.03. The molecule has 0 aliphatic heterocycles. The number of pyridine rings is 1. The van der Waals surface area contributed by atoms with E-state index in [2.05, 4.69) is 30.2 Å². The zero-order chi connectivity index (χ0) is 11.1. The molecule has 2 N–H and O–H groups in total. The summed E-state index contributed by atoms with van der Waals surface area (Å²) < 4.78 is 0. The Kier molecular flexibility index (Phi) is 5.29. The first kappa shape index (κ1) is 12.1. The Labute approximate surface area is 91.5 Å². The zero-order valence-corrected chi connectivity index (χ0v) is 9.53. The van der Waals surface area contributed by atoms with Gasteiger partial charge in [0.1, 0.15) is 0 Å². The van der Waals surface area contributed by atoms with Crippen LogP contribution in [0.25, 0.3) is 0 Å². The molecule has 1 rings (SSSR count). The Morgan fingerprint density at radius 3 is 3.00 bits per heavy atom. The molecule has 0 aromatic carbocycles. The molecule has 1 heterocycles. The second-order valence-corrected chi connectivity index (χ2v) is 4.02. The van der Waals surface area contributed by atoms with Crippen molar-refractivity contribution in [2.75, 3.05) is 13.2 Å². The fourth-order valence-corrected chi connectivity index (χ4v) is 1.46. The molecule has 3 heteroatoms. The van der Waals surface area contributed by atoms with Crippen molar-refractivity contribution in [3.63, 3.8) is 0 Å². The number of hydrogen-bond acceptors (Lipinski definition) is 3. The maximum Gasteiger partial charge on any atom is 0.0570 e. The Morgan fingerprint density at radius 1 is 1.53 bits per heavy atom. The normalized spacial score (nSPS) is 12.7. The summed E-state index contributed by atoms with van der Waals surface area (Å²) in [4.78, 5) is 4.31. The van der Waals surface area contributed by atoms with Gasteiger partial charge in [0.05, 0.1) is 5.69 Å². The van der Waals surface area contributed by atoms with Crippen molar-refractivity contribution in [1.82, 2.24) is 10.3 Å². The number of hydrogen-bond donors (Lipinski definition) is 2. The number of aryl methyl sites for hydroxylation is 1. The lowest BCUT2D eigenvalue weighted by Crippen LogP contribution is -2.22. The molecule has 1 unspecified atom stereocenters. The summed E-state index contributed by atoms with van der Waals surface area (Å²) in [5, 5.41) is 12.1. The van der Waals surface area contributed by atoms with E-state index >= 15 is 0 Å². The minimum absolute atomic E-state index is 0.269. The van der Waals surface area contributed by atoms with Crippen LogP contribution in [0.15, 0.2) is 18.3 Å². The predicted molar refractivity (Wildman–Crippen MR) is 61.5 cm³/mol. The molecule has 0 aliphatic rings. The molecular weight excluding hydrogens is 188 g/mol. The van der Waals surface area contributed by atoms with Gasteiger partial charge in [-0.05, 0) is 37.4 Å². The molecule has 1 aromatic rings. The summed E-state index contributed by atoms with van der Waals surface area (Å²) in [5.41, 5.74) is 2.33. The van der Waals surface area contributed by atoms with Gasteiger partial charge in [0.15, 0.2) is 0 Å². The van der Waals surface area contributed by atoms with Gasteiger partial charge in [-0.1, -0.05) is 13.0 Å². The monoisotopic (exact) mass is 208 g/mol. The van der Waals surface area contributed by atoms with Crippen molar-refractivity contribution in [2.45, 2.75) is 26.8 Å². The second kappa shape index (κ2) is 6.53. The largest absolute Gasteiger partial charge is 0.396 e. The highest BCUT2D eigenvalue weighted by atomic mass is 16.3. The van der Waals surface area contributed by atoms with Crippen molar-refractivity contribution in [3.05, 3.63) is 29.6 Å². The van der Waals surface area contributed by atoms with Crippen molar-refractivity contribution in [2.24, 2.45) is 5.92 Å². The molecule has 1 aromatic heterocycles. The maximum absolute atomic E-state index is 8.76. The van der Waals surface area contributed by atoms with E-state index in [1.165, 1.54) is 5.56 Å². The van der Waals surface area contributed by atoms with Crippen LogP contribution in [-0.2, 0) is 6.54 Å². The van der Waals surface area contributed by atoms with E-state index in [-0.39, 0.29) is 6.61 Å². The molecule has 0 saturated heterocycles. The quantitative estimate of drug-likeness (QED) is 0.744. The molecule has 0 aliphatic carbocycles. The van der Waals surface area contributed by atoms with E-state index in [0.29, 0.717) is 5.92 Å². The SMILES string of the molecule is Cc1cccnc1CNCC(C)CCO. The van der Waals surface area contributed by atoms with Gasteiger partial charge in [-0.3, -0.25) is 4.98 Å². The molecule has 0 bridgehead atoms. The Morgan fingerprint density at radius 2 is 2.33 bits per heavy atom. The average Bonchev–Trinajstić information content (AvgIpc) is 2.21. The standard InChI is InChI=1S/C12H20N2O/c1-10(5-7-15)8-13-9-12-11(2)4-3-6-14-12/h3-4,6,10,13,15H,5,7-9H2,1-2H3. The molecule has 0 fully saturated rings. The second-order valence-electron chi connectivity index (χ2n) is 4.02. The molecule has 0 amide bonds. The minimum atomic E-state index is 0.269. The van der Waals surface area contributed by atoms with Gasteiger partial charge in [-0.2, -0.15) is 0 Å². The van der Waals surface area contributed by atoms with E-state index in [1.807, 2.05) is 12.3 Å². The van der Waals surface area contributed by atoms with Gasteiger partial charge in [-0.25, -0.2) is 0 Å². The number of aliphatic hydroxyl groups excluding tert-OH is 1. The van der Waals surface area contributed by atoms with Crippen LogP contribution in [0, 0.1) is 12.8 Å². The van der Waals surface area contributed by atoms with E-state index in [4.69, 9.17) is 5.11 Å². The van der Waals surface area contributed by atoms with Gasteiger partial charge in [-0.15, -0.1) is 0 Å². The van der Waals surface area contributed by atoms with Crippen LogP contribution in [-0.4, -0.2) is 23.2 Å². The number of nitrogens with one attached hydrogen (secondary N) is 1. The topological polar surface area (TPSA) is 45.2 Å². The van der Waals surface area contributed by atoms with Crippen LogP contribution < -0.4 is 5.32 Å². The number of rotatable bonds is 6. The Bertz CT molecular complexity index is 289. The summed E-state index contributed by atoms with van der Waals surface area (Å²) >= 11 is 0. The van der Waals surface area contributed by atoms with Crippen LogP contribution in [0.3, 0.4) is 0 Å². The van der Waals surface area contributed by atoms with Crippen LogP contribution in [0.1, 0.15) is 24.6 Å². The molecule has 3 nitrogen and oxygen atoms in total. The van der Waals surface area contributed by atoms with E-state index in [1.54, 1.807) is 0 Å². The molecule has 84 valence electrons. The summed E-state index contributed by atoms with van der Waals surface area (Å²) in [6, 6.07) is 4.02. The lowest BCUT2D eigenvalue weighted by Gasteiger charge is -2.11. The molecule has 15 heavy (non-hydrogen) atoms. The van der Waals surface area contributed by atoms with Crippen molar-refractivity contribution >= 4 is 0 Å². The van der Waals surface area contributed by atoms with E-state index in [0.717, 1.165) is 25.2 Å². The van der Waals surface area contributed by atoms with Gasteiger partial charge >= 0.3 is 0 Å². The fraction of sp³-hybridized carbons (Fsp3) is 0.583. The van der Waals surface area contributed by atoms with Crippen molar-refractivity contribution < 1.29 is 5.11 Å². The lowest BCUT2D eigenvalue weighted by atomic mass is 10.1. The van der Waals surface area contributed by atoms with Gasteiger partial charge in [0, 0.05) is 19.3 Å². The van der Waals surface area contributed by atoms with Crippen LogP contribution in [0.4, 0.5) is 0 Å². The molecule has 0 saturated carbocycles. The third-order valence-corrected chi connectivity index (χ3v) is 2.52. The first-order valence-corrected chi connectivity index (χ1v) is 5.46. The van der Waals surface area contributed by atoms with Crippen LogP contribution in [0.5, 0.6) is 0 Å². The lowest BCUT2D eigenvalue weighted by molar-refractivity contribution is 0.260. The number of nitrogens with zero attached hydrogens (tertiary/aromatic N) is 1. The third-order valence-electron chi connectivity index (χ3n) is 2.52. The first-order chi connectivity index (χ1) is 7.24. The highest BCUT2D eigenvalue weighted by Gasteiger charge is 2.02. The summed E-state index contributed by atoms with van der Waals surface area (Å²) in [6.07, 6.45) is 2.68. The Balaban J connectivity index is 2.29. The van der Waals surface area contributed by atoms with Crippen LogP contribution >= 0.6 is 0 Å². The minimum Gasteiger partial charge on any atom is -0.396 e. The van der Waals surface area contributed by atoms with Crippen molar-refractivity contribution in [3.8, 4) is 0 Å². The molecule has 0 spiro atoms. The average molecular weight is 208 g/mol. The number of aromatic nitrogens is 1. The predicted octanol–water partition coefficient (Wildman–Crippen LogP) is 1.50. The van der Waals surface area contributed by atoms with Crippen molar-refractivity contribution in [1.29, 1.82) is 0 Å². The summed E-state index contributed by atoms with van der Waals surface area (Å²) in [6.45, 7) is 6.21. The van der Waals surface area contributed by atoms with Crippen LogP contribution in [0.2, 0.25) is 0 Å². The maximum atomic E-state index is 8.76.